The molecule has 0 fully saturated rings. The summed E-state index contributed by atoms with van der Waals surface area (Å²) < 4.78 is 5.50. The van der Waals surface area contributed by atoms with Gasteiger partial charge in [0, 0.05) is 17.5 Å². The maximum absolute atomic E-state index is 5.50. The Hall–Kier alpha value is -1.48. The lowest BCUT2D eigenvalue weighted by atomic mass is 9.86. The third kappa shape index (κ3) is 2.92. The zero-order valence-corrected chi connectivity index (χ0v) is 13.0. The summed E-state index contributed by atoms with van der Waals surface area (Å²) in [6, 6.07) is 10.7. The van der Waals surface area contributed by atoms with Crippen molar-refractivity contribution in [1.82, 2.24) is 0 Å². The van der Waals surface area contributed by atoms with Crippen LogP contribution in [0.25, 0.3) is 10.4 Å². The lowest BCUT2D eigenvalue weighted by molar-refractivity contribution is 0.416. The summed E-state index contributed by atoms with van der Waals surface area (Å²) in [4.78, 5) is 1.23. The molecule has 1 heterocycles. The average molecular weight is 275 g/mol. The number of nitrogens with one attached hydrogen (secondary N) is 1. The monoisotopic (exact) mass is 275 g/mol. The summed E-state index contributed by atoms with van der Waals surface area (Å²) in [5.41, 5.74) is 2.63. The fourth-order valence-corrected chi connectivity index (χ4v) is 2.86. The first-order valence-corrected chi connectivity index (χ1v) is 7.24. The Balaban J connectivity index is 2.53. The molecule has 0 saturated heterocycles. The Morgan fingerprint density at radius 3 is 2.37 bits per heavy atom. The van der Waals surface area contributed by atoms with Crippen molar-refractivity contribution in [1.29, 1.82) is 0 Å². The summed E-state index contributed by atoms with van der Waals surface area (Å²) in [5.74, 6) is 0.928. The van der Waals surface area contributed by atoms with Gasteiger partial charge in [-0.05, 0) is 35.2 Å². The molecular weight excluding hydrogens is 254 g/mol. The van der Waals surface area contributed by atoms with Gasteiger partial charge in [-0.1, -0.05) is 26.8 Å². The van der Waals surface area contributed by atoms with E-state index in [1.165, 1.54) is 21.0 Å². The standard InChI is InChI=1S/C16H21NOS/c1-16(2,3)11-6-7-13(18-5)12(10-11)14-8-9-15(17-4)19-14/h6-10,17H,1-5H3. The lowest BCUT2D eigenvalue weighted by Crippen LogP contribution is -2.11. The van der Waals surface area contributed by atoms with Crippen LogP contribution in [0.4, 0.5) is 5.00 Å². The first kappa shape index (κ1) is 13.9. The molecule has 0 atom stereocenters. The molecule has 0 radical (unpaired) electrons. The highest BCUT2D eigenvalue weighted by Gasteiger charge is 2.17. The fraction of sp³-hybridized carbons (Fsp3) is 0.375. The third-order valence-electron chi connectivity index (χ3n) is 3.18. The third-order valence-corrected chi connectivity index (χ3v) is 4.32. The predicted molar refractivity (Wildman–Crippen MR) is 84.6 cm³/mol. The molecule has 0 aliphatic heterocycles. The molecule has 0 bridgehead atoms. The molecule has 0 aliphatic carbocycles. The molecule has 2 rings (SSSR count). The van der Waals surface area contributed by atoms with Crippen molar-refractivity contribution in [2.24, 2.45) is 0 Å². The Morgan fingerprint density at radius 1 is 1.11 bits per heavy atom. The highest BCUT2D eigenvalue weighted by molar-refractivity contribution is 7.19. The van der Waals surface area contributed by atoms with Crippen molar-refractivity contribution in [3.05, 3.63) is 35.9 Å². The molecule has 3 heteroatoms. The summed E-state index contributed by atoms with van der Waals surface area (Å²) in [7, 11) is 3.67. The van der Waals surface area contributed by atoms with Gasteiger partial charge in [0.1, 0.15) is 5.75 Å². The maximum atomic E-state index is 5.50. The molecule has 1 N–H and O–H groups in total. The minimum atomic E-state index is 0.143. The van der Waals surface area contributed by atoms with Crippen LogP contribution < -0.4 is 10.1 Å². The van der Waals surface area contributed by atoms with E-state index in [9.17, 15) is 0 Å². The van der Waals surface area contributed by atoms with Crippen molar-refractivity contribution in [2.75, 3.05) is 19.5 Å². The van der Waals surface area contributed by atoms with Crippen LogP contribution in [-0.2, 0) is 5.41 Å². The van der Waals surface area contributed by atoms with E-state index in [4.69, 9.17) is 4.74 Å². The SMILES string of the molecule is CNc1ccc(-c2cc(C(C)(C)C)ccc2OC)s1. The molecule has 0 aliphatic rings. The Kier molecular flexibility index (Phi) is 3.85. The molecule has 1 aromatic heterocycles. The maximum Gasteiger partial charge on any atom is 0.127 e. The van der Waals surface area contributed by atoms with Gasteiger partial charge in [-0.25, -0.2) is 0 Å². The fourth-order valence-electron chi connectivity index (χ4n) is 1.98. The average Bonchev–Trinajstić information content (AvgIpc) is 2.85. The van der Waals surface area contributed by atoms with E-state index in [-0.39, 0.29) is 5.41 Å². The Bertz CT molecular complexity index is 566. The van der Waals surface area contributed by atoms with Crippen molar-refractivity contribution < 1.29 is 4.74 Å². The second kappa shape index (κ2) is 5.25. The van der Waals surface area contributed by atoms with Crippen molar-refractivity contribution in [3.8, 4) is 16.2 Å². The highest BCUT2D eigenvalue weighted by atomic mass is 32.1. The molecule has 0 unspecified atom stereocenters. The first-order chi connectivity index (χ1) is 8.95. The number of benzene rings is 1. The molecule has 2 aromatic rings. The van der Waals surface area contributed by atoms with Gasteiger partial charge >= 0.3 is 0 Å². The van der Waals surface area contributed by atoms with Crippen LogP contribution in [0.2, 0.25) is 0 Å². The number of rotatable bonds is 3. The van der Waals surface area contributed by atoms with Crippen LogP contribution in [0.5, 0.6) is 5.75 Å². The largest absolute Gasteiger partial charge is 0.496 e. The number of hydrogen-bond acceptors (Lipinski definition) is 3. The second-order valence-electron chi connectivity index (χ2n) is 5.58. The zero-order valence-electron chi connectivity index (χ0n) is 12.2. The summed E-state index contributed by atoms with van der Waals surface area (Å²) >= 11 is 1.74. The summed E-state index contributed by atoms with van der Waals surface area (Å²) in [6.45, 7) is 6.68. The van der Waals surface area contributed by atoms with Gasteiger partial charge in [-0.3, -0.25) is 0 Å². The molecule has 0 saturated carbocycles. The van der Waals surface area contributed by atoms with Gasteiger partial charge in [0.15, 0.2) is 0 Å². The van der Waals surface area contributed by atoms with Crippen molar-refractivity contribution in [3.63, 3.8) is 0 Å². The normalized spacial score (nSPS) is 11.4. The van der Waals surface area contributed by atoms with Gasteiger partial charge in [-0.15, -0.1) is 11.3 Å². The lowest BCUT2D eigenvalue weighted by Gasteiger charge is -2.20. The summed E-state index contributed by atoms with van der Waals surface area (Å²) in [6.07, 6.45) is 0. The number of thiophene rings is 1. The van der Waals surface area contributed by atoms with Gasteiger partial charge in [-0.2, -0.15) is 0 Å². The van der Waals surface area contributed by atoms with E-state index in [1.54, 1.807) is 18.4 Å². The van der Waals surface area contributed by atoms with Gasteiger partial charge in [0.25, 0.3) is 0 Å². The molecule has 2 nitrogen and oxygen atoms in total. The molecule has 0 amide bonds. The van der Waals surface area contributed by atoms with E-state index in [0.717, 1.165) is 5.75 Å². The molecular formula is C16H21NOS. The molecule has 0 spiro atoms. The van der Waals surface area contributed by atoms with Crippen LogP contribution in [0.3, 0.4) is 0 Å². The number of hydrogen-bond donors (Lipinski definition) is 1. The Morgan fingerprint density at radius 2 is 1.84 bits per heavy atom. The van der Waals surface area contributed by atoms with Crippen molar-refractivity contribution in [2.45, 2.75) is 26.2 Å². The first-order valence-electron chi connectivity index (χ1n) is 6.42. The quantitative estimate of drug-likeness (QED) is 0.871. The molecule has 1 aromatic carbocycles. The number of anilines is 1. The smallest absolute Gasteiger partial charge is 0.127 e. The van der Waals surface area contributed by atoms with Crippen LogP contribution in [0.1, 0.15) is 26.3 Å². The topological polar surface area (TPSA) is 21.3 Å². The second-order valence-corrected chi connectivity index (χ2v) is 6.66. The Labute approximate surface area is 119 Å². The predicted octanol–water partition coefficient (Wildman–Crippen LogP) is 4.76. The van der Waals surface area contributed by atoms with Crippen LogP contribution in [0, 0.1) is 0 Å². The van der Waals surface area contributed by atoms with Crippen molar-refractivity contribution >= 4 is 16.3 Å². The van der Waals surface area contributed by atoms with E-state index < -0.39 is 0 Å². The minimum Gasteiger partial charge on any atom is -0.496 e. The zero-order chi connectivity index (χ0) is 14.0. The molecule has 102 valence electrons. The van der Waals surface area contributed by atoms with Crippen LogP contribution >= 0.6 is 11.3 Å². The van der Waals surface area contributed by atoms with E-state index in [0.29, 0.717) is 0 Å². The van der Waals surface area contributed by atoms with Gasteiger partial charge in [0.05, 0.1) is 12.1 Å². The van der Waals surface area contributed by atoms with E-state index in [2.05, 4.69) is 56.4 Å². The van der Waals surface area contributed by atoms with Gasteiger partial charge in [0.2, 0.25) is 0 Å². The number of methoxy groups -OCH3 is 1. The number of ether oxygens (including phenoxy) is 1. The van der Waals surface area contributed by atoms with E-state index in [1.807, 2.05) is 7.05 Å². The van der Waals surface area contributed by atoms with E-state index >= 15 is 0 Å². The summed E-state index contributed by atoms with van der Waals surface area (Å²) in [5, 5.41) is 4.34. The van der Waals surface area contributed by atoms with Gasteiger partial charge < -0.3 is 10.1 Å². The minimum absolute atomic E-state index is 0.143. The highest BCUT2D eigenvalue weighted by Crippen LogP contribution is 2.39. The van der Waals surface area contributed by atoms with Crippen LogP contribution in [0.15, 0.2) is 30.3 Å². The van der Waals surface area contributed by atoms with Crippen LogP contribution in [-0.4, -0.2) is 14.2 Å². The molecule has 19 heavy (non-hydrogen) atoms.